The number of rotatable bonds is 7. The number of hydrogen-bond donors (Lipinski definition) is 3. The zero-order valence-corrected chi connectivity index (χ0v) is 26.9. The predicted octanol–water partition coefficient (Wildman–Crippen LogP) is 8.73. The van der Waals surface area contributed by atoms with Crippen LogP contribution in [-0.2, 0) is 5.41 Å². The van der Waals surface area contributed by atoms with E-state index in [0.29, 0.717) is 29.7 Å². The van der Waals surface area contributed by atoms with Gasteiger partial charge in [-0.25, -0.2) is 4.79 Å². The van der Waals surface area contributed by atoms with Crippen molar-refractivity contribution in [2.75, 3.05) is 6.54 Å². The first-order chi connectivity index (χ1) is 19.0. The van der Waals surface area contributed by atoms with Crippen LogP contribution in [0.15, 0.2) is 29.2 Å². The second-order valence-electron chi connectivity index (χ2n) is 15.4. The van der Waals surface area contributed by atoms with Crippen LogP contribution in [0.25, 0.3) is 0 Å². The molecule has 0 saturated heterocycles. The molecule has 0 aromatic heterocycles. The normalized spacial score (nSPS) is 39.1. The Bertz CT molecular complexity index is 1020. The van der Waals surface area contributed by atoms with Gasteiger partial charge in [0.05, 0.1) is 6.10 Å². The van der Waals surface area contributed by atoms with Crippen LogP contribution in [0, 0.1) is 46.3 Å². The van der Waals surface area contributed by atoms with Crippen LogP contribution in [0.1, 0.15) is 118 Å². The molecule has 3 N–H and O–H groups in total. The standard InChI is InChI=1S/C35H56N2O2S/c1-7-23-21-27-29-18-15-25(35(29,6)31(38)22-30(27)34(5)19-9-8-12-28(23)34)11-10-20-36-32(39)37-40-26-16-13-24(14-17-26)33(2,3)4/h13-14,16-17,23,25,27-31,38H,7-12,15,18-22H2,1-6H3,(H2,36,37,39)/t23-,25?,27?,28?,29?,30-,31-,34?,35?/m0/s1. The van der Waals surface area contributed by atoms with Gasteiger partial charge >= 0.3 is 6.03 Å². The molecule has 6 unspecified atom stereocenters. The topological polar surface area (TPSA) is 61.4 Å². The van der Waals surface area contributed by atoms with Crippen molar-refractivity contribution in [3.05, 3.63) is 29.8 Å². The summed E-state index contributed by atoms with van der Waals surface area (Å²) in [4.78, 5) is 13.5. The molecule has 40 heavy (non-hydrogen) atoms. The number of nitrogens with one attached hydrogen (secondary N) is 2. The monoisotopic (exact) mass is 568 g/mol. The molecule has 4 saturated carbocycles. The van der Waals surface area contributed by atoms with Crippen LogP contribution >= 0.6 is 11.9 Å². The summed E-state index contributed by atoms with van der Waals surface area (Å²) < 4.78 is 2.94. The molecule has 4 nitrogen and oxygen atoms in total. The van der Waals surface area contributed by atoms with E-state index in [4.69, 9.17) is 0 Å². The average molecular weight is 569 g/mol. The van der Waals surface area contributed by atoms with E-state index in [1.807, 2.05) is 0 Å². The van der Waals surface area contributed by atoms with Crippen LogP contribution < -0.4 is 10.0 Å². The molecule has 2 amide bonds. The van der Waals surface area contributed by atoms with Gasteiger partial charge in [-0.1, -0.05) is 72.9 Å². The first-order valence-electron chi connectivity index (χ1n) is 16.5. The summed E-state index contributed by atoms with van der Waals surface area (Å²) in [6.45, 7) is 14.8. The summed E-state index contributed by atoms with van der Waals surface area (Å²) in [7, 11) is 0. The van der Waals surface area contributed by atoms with Crippen LogP contribution in [0.2, 0.25) is 0 Å². The molecule has 0 spiro atoms. The van der Waals surface area contributed by atoms with Crippen molar-refractivity contribution in [2.45, 2.75) is 129 Å². The SMILES string of the molecule is CC[C@H]1CC2C3CCC(CCCNC(=O)NSc4ccc(C(C)(C)C)cc4)C3(C)[C@@H](O)C[C@@H]2C2(C)CCCCC12. The van der Waals surface area contributed by atoms with Gasteiger partial charge in [-0.2, -0.15) is 0 Å². The smallest absolute Gasteiger partial charge is 0.325 e. The number of amides is 2. The molecule has 9 atom stereocenters. The molecule has 1 aromatic carbocycles. The Kier molecular flexibility index (Phi) is 8.95. The first-order valence-corrected chi connectivity index (χ1v) is 17.3. The zero-order chi connectivity index (χ0) is 28.7. The highest BCUT2D eigenvalue weighted by Gasteiger charge is 2.63. The Morgan fingerprint density at radius 2 is 1.77 bits per heavy atom. The number of carbonyl (C=O) groups is 1. The quantitative estimate of drug-likeness (QED) is 0.228. The molecule has 0 aliphatic heterocycles. The van der Waals surface area contributed by atoms with Gasteiger partial charge in [0, 0.05) is 11.4 Å². The lowest BCUT2D eigenvalue weighted by Gasteiger charge is -2.63. The summed E-state index contributed by atoms with van der Waals surface area (Å²) >= 11 is 1.37. The predicted molar refractivity (Wildman–Crippen MR) is 167 cm³/mol. The molecule has 1 aromatic rings. The third-order valence-corrected chi connectivity index (χ3v) is 13.4. The minimum Gasteiger partial charge on any atom is -0.393 e. The fourth-order valence-corrected chi connectivity index (χ4v) is 10.8. The van der Waals surface area contributed by atoms with E-state index in [1.165, 1.54) is 68.9 Å². The van der Waals surface area contributed by atoms with Crippen LogP contribution in [0.4, 0.5) is 4.79 Å². The van der Waals surface area contributed by atoms with Crippen LogP contribution in [0.3, 0.4) is 0 Å². The van der Waals surface area contributed by atoms with Crippen molar-refractivity contribution in [2.24, 2.45) is 46.3 Å². The molecule has 4 fully saturated rings. The largest absolute Gasteiger partial charge is 0.393 e. The number of fused-ring (bicyclic) bond motifs is 5. The van der Waals surface area contributed by atoms with Crippen molar-refractivity contribution >= 4 is 18.0 Å². The first kappa shape index (κ1) is 30.3. The fourth-order valence-electron chi connectivity index (χ4n) is 10.3. The summed E-state index contributed by atoms with van der Waals surface area (Å²) in [6, 6.07) is 8.31. The van der Waals surface area contributed by atoms with Gasteiger partial charge in [-0.05, 0) is 133 Å². The Labute approximate surface area is 248 Å². The Hall–Kier alpha value is -1.20. The molecule has 5 heteroatoms. The molecule has 224 valence electrons. The van der Waals surface area contributed by atoms with Crippen LogP contribution in [-0.4, -0.2) is 23.8 Å². The number of carbonyl (C=O) groups excluding carboxylic acids is 1. The number of hydrogen-bond acceptors (Lipinski definition) is 3. The van der Waals surface area contributed by atoms with Crippen molar-refractivity contribution in [1.29, 1.82) is 0 Å². The number of aliphatic hydroxyl groups excluding tert-OH is 1. The van der Waals surface area contributed by atoms with Crippen LogP contribution in [0.5, 0.6) is 0 Å². The lowest BCUT2D eigenvalue weighted by Crippen LogP contribution is -2.59. The molecule has 0 heterocycles. The highest BCUT2D eigenvalue weighted by atomic mass is 32.2. The maximum atomic E-state index is 12.5. The molecule has 4 aliphatic rings. The summed E-state index contributed by atoms with van der Waals surface area (Å²) in [5.41, 5.74) is 1.90. The fraction of sp³-hybridized carbons (Fsp3) is 0.800. The van der Waals surface area contributed by atoms with Gasteiger partial charge in [-0.15, -0.1) is 0 Å². The van der Waals surface area contributed by atoms with Crippen molar-refractivity contribution in [3.8, 4) is 0 Å². The van der Waals surface area contributed by atoms with Gasteiger partial charge in [0.15, 0.2) is 0 Å². The summed E-state index contributed by atoms with van der Waals surface area (Å²) in [5.74, 6) is 4.48. The van der Waals surface area contributed by atoms with E-state index in [9.17, 15) is 9.90 Å². The second kappa shape index (κ2) is 11.8. The van der Waals surface area contributed by atoms with Gasteiger partial charge in [0.1, 0.15) is 0 Å². The maximum absolute atomic E-state index is 12.5. The molecule has 4 aliphatic carbocycles. The van der Waals surface area contributed by atoms with E-state index in [2.05, 4.69) is 75.8 Å². The van der Waals surface area contributed by atoms with Gasteiger partial charge in [0.2, 0.25) is 0 Å². The summed E-state index contributed by atoms with van der Waals surface area (Å²) in [6.07, 6.45) is 13.8. The minimum absolute atomic E-state index is 0.0364. The number of urea groups is 1. The third kappa shape index (κ3) is 5.60. The minimum atomic E-state index is -0.179. The van der Waals surface area contributed by atoms with E-state index >= 15 is 0 Å². The second-order valence-corrected chi connectivity index (χ2v) is 16.3. The Morgan fingerprint density at radius 1 is 1.02 bits per heavy atom. The van der Waals surface area contributed by atoms with E-state index in [0.717, 1.165) is 41.9 Å². The lowest BCUT2D eigenvalue weighted by atomic mass is 9.42. The van der Waals surface area contributed by atoms with Gasteiger partial charge in [-0.3, -0.25) is 4.72 Å². The summed E-state index contributed by atoms with van der Waals surface area (Å²) in [5, 5.41) is 14.8. The Morgan fingerprint density at radius 3 is 2.48 bits per heavy atom. The van der Waals surface area contributed by atoms with E-state index in [-0.39, 0.29) is 23.0 Å². The highest BCUT2D eigenvalue weighted by Crippen LogP contribution is 2.69. The van der Waals surface area contributed by atoms with E-state index < -0.39 is 0 Å². The van der Waals surface area contributed by atoms with Crippen molar-refractivity contribution < 1.29 is 9.90 Å². The van der Waals surface area contributed by atoms with Gasteiger partial charge < -0.3 is 10.4 Å². The lowest BCUT2D eigenvalue weighted by molar-refractivity contribution is -0.179. The van der Waals surface area contributed by atoms with Crippen molar-refractivity contribution in [3.63, 3.8) is 0 Å². The average Bonchev–Trinajstić information content (AvgIpc) is 3.27. The molecular weight excluding hydrogens is 512 g/mol. The highest BCUT2D eigenvalue weighted by molar-refractivity contribution is 7.98. The van der Waals surface area contributed by atoms with Gasteiger partial charge in [0.25, 0.3) is 0 Å². The molecule has 0 bridgehead atoms. The maximum Gasteiger partial charge on any atom is 0.325 e. The number of aliphatic hydroxyl groups is 1. The zero-order valence-electron chi connectivity index (χ0n) is 26.1. The number of benzene rings is 1. The van der Waals surface area contributed by atoms with E-state index in [1.54, 1.807) is 0 Å². The Balaban J connectivity index is 1.12. The molecule has 5 rings (SSSR count). The third-order valence-electron chi connectivity index (χ3n) is 12.6. The molecular formula is C35H56N2O2S. The molecule has 0 radical (unpaired) electrons. The van der Waals surface area contributed by atoms with Crippen molar-refractivity contribution in [1.82, 2.24) is 10.0 Å².